The van der Waals surface area contributed by atoms with Gasteiger partial charge in [-0.05, 0) is 31.1 Å². The normalized spacial score (nSPS) is 16.5. The van der Waals surface area contributed by atoms with E-state index in [1.54, 1.807) is 0 Å². The summed E-state index contributed by atoms with van der Waals surface area (Å²) < 4.78 is 0. The molecule has 0 aromatic carbocycles. The lowest BCUT2D eigenvalue weighted by Crippen LogP contribution is -2.01. The van der Waals surface area contributed by atoms with Crippen molar-refractivity contribution in [1.82, 2.24) is 0 Å². The second-order valence-corrected chi connectivity index (χ2v) is 4.35. The van der Waals surface area contributed by atoms with Crippen LogP contribution in [0.3, 0.4) is 0 Å². The third kappa shape index (κ3) is 4.92. The van der Waals surface area contributed by atoms with Gasteiger partial charge in [0.1, 0.15) is 0 Å². The van der Waals surface area contributed by atoms with Crippen LogP contribution in [-0.2, 0) is 0 Å². The number of hydrogen-bond donors (Lipinski definition) is 0. The molecule has 0 saturated carbocycles. The summed E-state index contributed by atoms with van der Waals surface area (Å²) in [6.07, 6.45) is 5.80. The summed E-state index contributed by atoms with van der Waals surface area (Å²) in [6.45, 7) is 15.1. The number of hydrogen-bond acceptors (Lipinski definition) is 0. The van der Waals surface area contributed by atoms with E-state index in [0.717, 1.165) is 12.3 Å². The van der Waals surface area contributed by atoms with Crippen molar-refractivity contribution in [3.63, 3.8) is 0 Å². The molecule has 76 valence electrons. The van der Waals surface area contributed by atoms with Crippen molar-refractivity contribution in [3.05, 3.63) is 24.3 Å². The molecule has 0 heterocycles. The van der Waals surface area contributed by atoms with E-state index in [-0.39, 0.29) is 0 Å². The molecule has 2 unspecified atom stereocenters. The van der Waals surface area contributed by atoms with Crippen LogP contribution in [0.25, 0.3) is 0 Å². The molecule has 0 radical (unpaired) electrons. The standard InChI is InChI=1S/C13H24/c1-7-13(11(4)5)9-8-12(6)10(2)3/h8-10,12-13H,4,7H2,1-3,5-6H3. The summed E-state index contributed by atoms with van der Waals surface area (Å²) >= 11 is 0. The van der Waals surface area contributed by atoms with Crippen LogP contribution in [0.2, 0.25) is 0 Å². The van der Waals surface area contributed by atoms with Gasteiger partial charge in [0.05, 0.1) is 0 Å². The largest absolute Gasteiger partial charge is 0.0995 e. The summed E-state index contributed by atoms with van der Waals surface area (Å²) in [5.74, 6) is 1.98. The SMILES string of the molecule is C=C(C)C(C=CC(C)C(C)C)CC. The fourth-order valence-electron chi connectivity index (χ4n) is 1.18. The highest BCUT2D eigenvalue weighted by molar-refractivity contribution is 5.07. The monoisotopic (exact) mass is 180 g/mol. The van der Waals surface area contributed by atoms with E-state index in [9.17, 15) is 0 Å². The highest BCUT2D eigenvalue weighted by Gasteiger charge is 2.05. The summed E-state index contributed by atoms with van der Waals surface area (Å²) in [5, 5.41) is 0. The van der Waals surface area contributed by atoms with Gasteiger partial charge in [-0.1, -0.05) is 52.0 Å². The first-order valence-electron chi connectivity index (χ1n) is 5.32. The Bertz CT molecular complexity index is 174. The molecule has 0 bridgehead atoms. The van der Waals surface area contributed by atoms with Crippen molar-refractivity contribution in [2.45, 2.75) is 41.0 Å². The van der Waals surface area contributed by atoms with Gasteiger partial charge in [-0.2, -0.15) is 0 Å². The van der Waals surface area contributed by atoms with Crippen molar-refractivity contribution in [1.29, 1.82) is 0 Å². The van der Waals surface area contributed by atoms with Gasteiger partial charge < -0.3 is 0 Å². The minimum atomic E-state index is 0.571. The maximum atomic E-state index is 4.00. The molecule has 0 rings (SSSR count). The molecule has 2 atom stereocenters. The lowest BCUT2D eigenvalue weighted by Gasteiger charge is -2.13. The Balaban J connectivity index is 4.14. The Morgan fingerprint density at radius 2 is 1.77 bits per heavy atom. The van der Waals surface area contributed by atoms with Crippen molar-refractivity contribution in [2.75, 3.05) is 0 Å². The molecule has 0 heteroatoms. The van der Waals surface area contributed by atoms with Gasteiger partial charge in [-0.25, -0.2) is 0 Å². The van der Waals surface area contributed by atoms with E-state index in [1.807, 2.05) is 0 Å². The first-order chi connectivity index (χ1) is 5.99. The van der Waals surface area contributed by atoms with Crippen LogP contribution in [0.4, 0.5) is 0 Å². The lowest BCUT2D eigenvalue weighted by atomic mass is 9.93. The molecule has 0 N–H and O–H groups in total. The summed E-state index contributed by atoms with van der Waals surface area (Å²) in [7, 11) is 0. The summed E-state index contributed by atoms with van der Waals surface area (Å²) in [5.41, 5.74) is 1.27. The topological polar surface area (TPSA) is 0 Å². The molecular formula is C13H24. The van der Waals surface area contributed by atoms with Crippen LogP contribution in [0.5, 0.6) is 0 Å². The Hall–Kier alpha value is -0.520. The van der Waals surface area contributed by atoms with Crippen LogP contribution in [0, 0.1) is 17.8 Å². The Morgan fingerprint density at radius 1 is 1.23 bits per heavy atom. The first kappa shape index (κ1) is 12.5. The minimum absolute atomic E-state index is 0.571. The lowest BCUT2D eigenvalue weighted by molar-refractivity contribution is 0.501. The van der Waals surface area contributed by atoms with Gasteiger partial charge in [-0.3, -0.25) is 0 Å². The third-order valence-electron chi connectivity index (χ3n) is 2.77. The van der Waals surface area contributed by atoms with E-state index in [0.29, 0.717) is 11.8 Å². The second-order valence-electron chi connectivity index (χ2n) is 4.35. The van der Waals surface area contributed by atoms with Crippen LogP contribution in [0.1, 0.15) is 41.0 Å². The van der Waals surface area contributed by atoms with Crippen LogP contribution >= 0.6 is 0 Å². The van der Waals surface area contributed by atoms with Gasteiger partial charge in [0.25, 0.3) is 0 Å². The molecule has 0 aromatic heterocycles. The molecule has 0 aliphatic heterocycles. The highest BCUT2D eigenvalue weighted by atomic mass is 14.1. The minimum Gasteiger partial charge on any atom is -0.0995 e. The van der Waals surface area contributed by atoms with Crippen molar-refractivity contribution in [3.8, 4) is 0 Å². The van der Waals surface area contributed by atoms with E-state index < -0.39 is 0 Å². The molecule has 0 fully saturated rings. The quantitative estimate of drug-likeness (QED) is 0.549. The van der Waals surface area contributed by atoms with E-state index in [2.05, 4.69) is 53.3 Å². The van der Waals surface area contributed by atoms with Crippen LogP contribution in [-0.4, -0.2) is 0 Å². The van der Waals surface area contributed by atoms with Gasteiger partial charge in [0.15, 0.2) is 0 Å². The fraction of sp³-hybridized carbons (Fsp3) is 0.692. The maximum absolute atomic E-state index is 4.00. The van der Waals surface area contributed by atoms with Gasteiger partial charge in [-0.15, -0.1) is 0 Å². The first-order valence-corrected chi connectivity index (χ1v) is 5.32. The van der Waals surface area contributed by atoms with Crippen molar-refractivity contribution < 1.29 is 0 Å². The van der Waals surface area contributed by atoms with Gasteiger partial charge >= 0.3 is 0 Å². The van der Waals surface area contributed by atoms with Crippen molar-refractivity contribution >= 4 is 0 Å². The second kappa shape index (κ2) is 6.01. The average molecular weight is 180 g/mol. The zero-order chi connectivity index (χ0) is 10.4. The van der Waals surface area contributed by atoms with Crippen LogP contribution in [0.15, 0.2) is 24.3 Å². The van der Waals surface area contributed by atoms with E-state index in [1.165, 1.54) is 5.57 Å². The maximum Gasteiger partial charge on any atom is -0.00313 e. The highest BCUT2D eigenvalue weighted by Crippen LogP contribution is 2.17. The third-order valence-corrected chi connectivity index (χ3v) is 2.77. The molecule has 0 spiro atoms. The fourth-order valence-corrected chi connectivity index (χ4v) is 1.18. The van der Waals surface area contributed by atoms with Gasteiger partial charge in [0, 0.05) is 0 Å². The number of allylic oxidation sites excluding steroid dienone is 3. The van der Waals surface area contributed by atoms with E-state index in [4.69, 9.17) is 0 Å². The molecule has 0 nitrogen and oxygen atoms in total. The molecule has 13 heavy (non-hydrogen) atoms. The van der Waals surface area contributed by atoms with E-state index >= 15 is 0 Å². The van der Waals surface area contributed by atoms with Crippen molar-refractivity contribution in [2.24, 2.45) is 17.8 Å². The average Bonchev–Trinajstić information content (AvgIpc) is 2.04. The smallest absolute Gasteiger partial charge is 0.00313 e. The molecule has 0 amide bonds. The summed E-state index contributed by atoms with van der Waals surface area (Å²) in [6, 6.07) is 0. The van der Waals surface area contributed by atoms with Crippen LogP contribution < -0.4 is 0 Å². The Labute approximate surface area is 83.7 Å². The zero-order valence-electron chi connectivity index (χ0n) is 9.80. The predicted molar refractivity (Wildman–Crippen MR) is 61.7 cm³/mol. The predicted octanol–water partition coefficient (Wildman–Crippen LogP) is 4.44. The Kier molecular flexibility index (Phi) is 5.77. The molecule has 0 saturated heterocycles. The molecular weight excluding hydrogens is 156 g/mol. The molecule has 0 aliphatic carbocycles. The Morgan fingerprint density at radius 3 is 2.08 bits per heavy atom. The summed E-state index contributed by atoms with van der Waals surface area (Å²) in [4.78, 5) is 0. The molecule has 0 aliphatic rings. The zero-order valence-corrected chi connectivity index (χ0v) is 9.80. The number of rotatable bonds is 5. The van der Waals surface area contributed by atoms with Gasteiger partial charge in [0.2, 0.25) is 0 Å². The molecule has 0 aromatic rings.